The monoisotopic (exact) mass is 267 g/mol. The van der Waals surface area contributed by atoms with Gasteiger partial charge in [-0.2, -0.15) is 0 Å². The fourth-order valence-corrected chi connectivity index (χ4v) is 2.19. The molecule has 0 aromatic carbocycles. The molecule has 0 saturated carbocycles. The number of nitrogens with zero attached hydrogens (tertiary/aromatic N) is 2. The molecule has 108 valence electrons. The molecule has 0 atom stereocenters. The zero-order valence-corrected chi connectivity index (χ0v) is 12.0. The summed E-state index contributed by atoms with van der Waals surface area (Å²) in [6.45, 7) is 9.71. The fourth-order valence-electron chi connectivity index (χ4n) is 2.19. The summed E-state index contributed by atoms with van der Waals surface area (Å²) in [6, 6.07) is 2.42. The molecule has 0 unspecified atom stereocenters. The molecule has 1 aliphatic heterocycles. The van der Waals surface area contributed by atoms with Gasteiger partial charge in [0.2, 0.25) is 0 Å². The van der Waals surface area contributed by atoms with Crippen molar-refractivity contribution in [2.75, 3.05) is 26.2 Å². The van der Waals surface area contributed by atoms with Crippen molar-refractivity contribution in [3.63, 3.8) is 0 Å². The van der Waals surface area contributed by atoms with Crippen LogP contribution >= 0.6 is 0 Å². The third-order valence-electron chi connectivity index (χ3n) is 3.29. The van der Waals surface area contributed by atoms with Gasteiger partial charge in [-0.15, -0.1) is 0 Å². The van der Waals surface area contributed by atoms with E-state index in [2.05, 4.69) is 29.2 Å². The van der Waals surface area contributed by atoms with Crippen LogP contribution in [0, 0.1) is 0 Å². The number of aromatic nitrogens is 1. The van der Waals surface area contributed by atoms with Crippen LogP contribution in [0.25, 0.3) is 0 Å². The first-order chi connectivity index (χ1) is 9.24. The Labute approximate surface area is 115 Å². The molecule has 1 aromatic heterocycles. The van der Waals surface area contributed by atoms with Crippen molar-refractivity contribution >= 4 is 0 Å². The summed E-state index contributed by atoms with van der Waals surface area (Å²) in [4.78, 5) is 2.44. The van der Waals surface area contributed by atoms with Gasteiger partial charge in [-0.25, -0.2) is 0 Å². The molecule has 19 heavy (non-hydrogen) atoms. The zero-order chi connectivity index (χ0) is 13.5. The highest BCUT2D eigenvalue weighted by Crippen LogP contribution is 2.08. The van der Waals surface area contributed by atoms with Gasteiger partial charge < -0.3 is 19.5 Å². The normalized spacial score (nSPS) is 16.6. The highest BCUT2D eigenvalue weighted by atomic mass is 16.5. The fraction of sp³-hybridized carbons (Fsp3) is 0.786. The lowest BCUT2D eigenvalue weighted by molar-refractivity contribution is 0.0836. The van der Waals surface area contributed by atoms with Crippen molar-refractivity contribution in [2.24, 2.45) is 0 Å². The largest absolute Gasteiger partial charge is 0.372 e. The maximum absolute atomic E-state index is 5.62. The van der Waals surface area contributed by atoms with Gasteiger partial charge in [0.1, 0.15) is 6.61 Å². The molecule has 0 amide bonds. The molecule has 0 spiro atoms. The Hall–Kier alpha value is -0.910. The second-order valence-corrected chi connectivity index (χ2v) is 5.42. The van der Waals surface area contributed by atoms with Crippen LogP contribution in [0.2, 0.25) is 0 Å². The van der Waals surface area contributed by atoms with E-state index in [0.29, 0.717) is 12.6 Å². The van der Waals surface area contributed by atoms with Gasteiger partial charge in [0.15, 0.2) is 5.76 Å². The Kier molecular flexibility index (Phi) is 5.82. The standard InChI is InChI=1S/C14H25N3O2/c1-12(2)15-10-13-9-14(19-16-13)11-18-8-7-17-5-3-4-6-17/h9,12,15H,3-8,10-11H2,1-2H3. The third-order valence-corrected chi connectivity index (χ3v) is 3.29. The zero-order valence-electron chi connectivity index (χ0n) is 12.0. The third kappa shape index (κ3) is 5.30. The summed E-state index contributed by atoms with van der Waals surface area (Å²) in [6.07, 6.45) is 2.66. The van der Waals surface area contributed by atoms with E-state index in [1.165, 1.54) is 25.9 Å². The van der Waals surface area contributed by atoms with Crippen LogP contribution in [0.3, 0.4) is 0 Å². The molecule has 0 aliphatic carbocycles. The number of hydrogen-bond acceptors (Lipinski definition) is 5. The Morgan fingerprint density at radius 3 is 2.95 bits per heavy atom. The number of nitrogens with one attached hydrogen (secondary N) is 1. The smallest absolute Gasteiger partial charge is 0.162 e. The minimum absolute atomic E-state index is 0.455. The molecule has 5 nitrogen and oxygen atoms in total. The highest BCUT2D eigenvalue weighted by Gasteiger charge is 2.11. The first-order valence-corrected chi connectivity index (χ1v) is 7.22. The van der Waals surface area contributed by atoms with Gasteiger partial charge >= 0.3 is 0 Å². The lowest BCUT2D eigenvalue weighted by Crippen LogP contribution is -2.23. The maximum atomic E-state index is 5.62. The summed E-state index contributed by atoms with van der Waals surface area (Å²) in [5.74, 6) is 0.807. The second-order valence-electron chi connectivity index (χ2n) is 5.42. The predicted molar refractivity (Wildman–Crippen MR) is 73.8 cm³/mol. The van der Waals surface area contributed by atoms with E-state index in [1.807, 2.05) is 6.07 Å². The first kappa shape index (κ1) is 14.5. The van der Waals surface area contributed by atoms with E-state index in [1.54, 1.807) is 0 Å². The summed E-state index contributed by atoms with van der Waals surface area (Å²) < 4.78 is 10.9. The Morgan fingerprint density at radius 1 is 1.42 bits per heavy atom. The predicted octanol–water partition coefficient (Wildman–Crippen LogP) is 1.78. The topological polar surface area (TPSA) is 50.5 Å². The van der Waals surface area contributed by atoms with E-state index in [-0.39, 0.29) is 0 Å². The molecular formula is C14H25N3O2. The van der Waals surface area contributed by atoms with E-state index in [0.717, 1.165) is 31.2 Å². The number of rotatable bonds is 8. The second kappa shape index (κ2) is 7.62. The van der Waals surface area contributed by atoms with E-state index < -0.39 is 0 Å². The average molecular weight is 267 g/mol. The lowest BCUT2D eigenvalue weighted by atomic mass is 10.3. The Morgan fingerprint density at radius 2 is 2.21 bits per heavy atom. The minimum Gasteiger partial charge on any atom is -0.372 e. The minimum atomic E-state index is 0.455. The average Bonchev–Trinajstić information content (AvgIpc) is 3.04. The van der Waals surface area contributed by atoms with E-state index >= 15 is 0 Å². The van der Waals surface area contributed by atoms with Crippen LogP contribution < -0.4 is 5.32 Å². The first-order valence-electron chi connectivity index (χ1n) is 7.22. The highest BCUT2D eigenvalue weighted by molar-refractivity contribution is 5.04. The van der Waals surface area contributed by atoms with Crippen molar-refractivity contribution in [1.82, 2.24) is 15.4 Å². The van der Waals surface area contributed by atoms with Gasteiger partial charge in [-0.3, -0.25) is 0 Å². The molecule has 1 saturated heterocycles. The summed E-state index contributed by atoms with van der Waals surface area (Å²) in [5.41, 5.74) is 0.937. The lowest BCUT2D eigenvalue weighted by Gasteiger charge is -2.13. The summed E-state index contributed by atoms with van der Waals surface area (Å²) in [5, 5.41) is 7.33. The molecule has 2 rings (SSSR count). The van der Waals surface area contributed by atoms with Gasteiger partial charge in [0.05, 0.1) is 12.3 Å². The molecule has 0 radical (unpaired) electrons. The van der Waals surface area contributed by atoms with E-state index in [4.69, 9.17) is 9.26 Å². The van der Waals surface area contributed by atoms with Crippen LogP contribution in [0.5, 0.6) is 0 Å². The maximum Gasteiger partial charge on any atom is 0.162 e. The van der Waals surface area contributed by atoms with Crippen LogP contribution in [-0.2, 0) is 17.9 Å². The van der Waals surface area contributed by atoms with Gasteiger partial charge in [0.25, 0.3) is 0 Å². The Balaban J connectivity index is 1.60. The Bertz CT molecular complexity index is 359. The quantitative estimate of drug-likeness (QED) is 0.728. The van der Waals surface area contributed by atoms with Crippen molar-refractivity contribution < 1.29 is 9.26 Å². The van der Waals surface area contributed by atoms with Gasteiger partial charge in [0, 0.05) is 25.2 Å². The van der Waals surface area contributed by atoms with Crippen molar-refractivity contribution in [2.45, 2.75) is 45.9 Å². The molecule has 1 N–H and O–H groups in total. The molecule has 1 aliphatic rings. The molecular weight excluding hydrogens is 242 g/mol. The van der Waals surface area contributed by atoms with Crippen molar-refractivity contribution in [3.05, 3.63) is 17.5 Å². The summed E-state index contributed by atoms with van der Waals surface area (Å²) in [7, 11) is 0. The van der Waals surface area contributed by atoms with Crippen LogP contribution in [0.1, 0.15) is 38.1 Å². The van der Waals surface area contributed by atoms with Gasteiger partial charge in [-0.1, -0.05) is 19.0 Å². The SMILES string of the molecule is CC(C)NCc1cc(COCCN2CCCC2)on1. The van der Waals surface area contributed by atoms with Crippen LogP contribution in [-0.4, -0.2) is 42.3 Å². The molecule has 2 heterocycles. The molecule has 0 bridgehead atoms. The van der Waals surface area contributed by atoms with Crippen molar-refractivity contribution in [1.29, 1.82) is 0 Å². The summed E-state index contributed by atoms with van der Waals surface area (Å²) >= 11 is 0. The van der Waals surface area contributed by atoms with Crippen molar-refractivity contribution in [3.8, 4) is 0 Å². The van der Waals surface area contributed by atoms with Gasteiger partial charge in [-0.05, 0) is 25.9 Å². The molecule has 5 heteroatoms. The van der Waals surface area contributed by atoms with Crippen LogP contribution in [0.4, 0.5) is 0 Å². The number of ether oxygens (including phenoxy) is 1. The molecule has 1 fully saturated rings. The molecule has 1 aromatic rings. The number of hydrogen-bond donors (Lipinski definition) is 1. The number of likely N-dealkylation sites (tertiary alicyclic amines) is 1. The van der Waals surface area contributed by atoms with Crippen LogP contribution in [0.15, 0.2) is 10.6 Å². The van der Waals surface area contributed by atoms with E-state index in [9.17, 15) is 0 Å².